The molecule has 1 saturated heterocycles. The Balaban J connectivity index is 2.11. The maximum Gasteiger partial charge on any atom is 0.0593 e. The molecule has 1 heterocycles. The Kier molecular flexibility index (Phi) is 8.31. The molecule has 1 N–H and O–H groups in total. The van der Waals surface area contributed by atoms with E-state index in [4.69, 9.17) is 4.74 Å². The molecule has 0 bridgehead atoms. The van der Waals surface area contributed by atoms with Crippen LogP contribution in [-0.2, 0) is 4.74 Å². The van der Waals surface area contributed by atoms with Crippen molar-refractivity contribution in [2.75, 3.05) is 32.8 Å². The van der Waals surface area contributed by atoms with Crippen molar-refractivity contribution >= 4 is 0 Å². The first-order chi connectivity index (χ1) is 8.77. The van der Waals surface area contributed by atoms with Gasteiger partial charge in [-0.1, -0.05) is 13.0 Å². The van der Waals surface area contributed by atoms with Crippen molar-refractivity contribution in [3.8, 4) is 0 Å². The summed E-state index contributed by atoms with van der Waals surface area (Å²) in [5.74, 6) is 0. The highest BCUT2D eigenvalue weighted by Gasteiger charge is 2.24. The maximum absolute atomic E-state index is 5.59. The summed E-state index contributed by atoms with van der Waals surface area (Å²) in [6, 6.07) is 1.40. The molecule has 1 fully saturated rings. The first kappa shape index (κ1) is 15.7. The lowest BCUT2D eigenvalue weighted by Crippen LogP contribution is -2.48. The van der Waals surface area contributed by atoms with E-state index in [1.54, 1.807) is 0 Å². The number of ether oxygens (including phenoxy) is 1. The molecule has 2 unspecified atom stereocenters. The summed E-state index contributed by atoms with van der Waals surface area (Å²) in [5, 5.41) is 3.64. The highest BCUT2D eigenvalue weighted by molar-refractivity contribution is 4.82. The average Bonchev–Trinajstić information content (AvgIpc) is 2.38. The van der Waals surface area contributed by atoms with Crippen molar-refractivity contribution in [2.45, 2.75) is 51.6 Å². The second-order valence-corrected chi connectivity index (χ2v) is 5.25. The molecule has 0 aromatic carbocycles. The Morgan fingerprint density at radius 3 is 2.94 bits per heavy atom. The third-order valence-electron chi connectivity index (χ3n) is 3.69. The number of hydrogen-bond acceptors (Lipinski definition) is 3. The molecule has 1 rings (SSSR count). The van der Waals surface area contributed by atoms with Crippen LogP contribution in [0.1, 0.15) is 39.5 Å². The second kappa shape index (κ2) is 9.54. The number of likely N-dealkylation sites (tertiary alicyclic amines) is 1. The van der Waals surface area contributed by atoms with Crippen molar-refractivity contribution in [2.24, 2.45) is 0 Å². The van der Waals surface area contributed by atoms with E-state index >= 15 is 0 Å². The predicted molar refractivity (Wildman–Crippen MR) is 78.0 cm³/mol. The third-order valence-corrected chi connectivity index (χ3v) is 3.69. The number of nitrogens with zero attached hydrogens (tertiary/aromatic N) is 1. The molecular formula is C15H30N2O. The van der Waals surface area contributed by atoms with Crippen LogP contribution < -0.4 is 5.32 Å². The molecule has 0 radical (unpaired) electrons. The van der Waals surface area contributed by atoms with Crippen LogP contribution in [0.5, 0.6) is 0 Å². The fourth-order valence-electron chi connectivity index (χ4n) is 2.54. The zero-order valence-electron chi connectivity index (χ0n) is 12.2. The predicted octanol–water partition coefficient (Wildman–Crippen LogP) is 2.43. The van der Waals surface area contributed by atoms with Crippen LogP contribution >= 0.6 is 0 Å². The summed E-state index contributed by atoms with van der Waals surface area (Å²) in [4.78, 5) is 2.55. The second-order valence-electron chi connectivity index (χ2n) is 5.25. The molecule has 0 aromatic heterocycles. The van der Waals surface area contributed by atoms with Crippen molar-refractivity contribution in [1.82, 2.24) is 10.2 Å². The summed E-state index contributed by atoms with van der Waals surface area (Å²) >= 11 is 0. The van der Waals surface area contributed by atoms with E-state index in [0.717, 1.165) is 38.8 Å². The van der Waals surface area contributed by atoms with E-state index in [-0.39, 0.29) is 0 Å². The lowest BCUT2D eigenvalue weighted by Gasteiger charge is -2.38. The quantitative estimate of drug-likeness (QED) is 0.505. The molecule has 106 valence electrons. The Morgan fingerprint density at radius 2 is 2.28 bits per heavy atom. The van der Waals surface area contributed by atoms with Gasteiger partial charge in [0.25, 0.3) is 0 Å². The number of nitrogens with one attached hydrogen (secondary N) is 1. The molecule has 0 spiro atoms. The largest absolute Gasteiger partial charge is 0.380 e. The molecule has 18 heavy (non-hydrogen) atoms. The van der Waals surface area contributed by atoms with Gasteiger partial charge in [-0.3, -0.25) is 4.90 Å². The average molecular weight is 254 g/mol. The van der Waals surface area contributed by atoms with Crippen LogP contribution in [0.4, 0.5) is 0 Å². The molecule has 1 aliphatic heterocycles. The summed E-state index contributed by atoms with van der Waals surface area (Å²) in [6.07, 6.45) is 6.64. The van der Waals surface area contributed by atoms with Gasteiger partial charge in [-0.15, -0.1) is 6.58 Å². The minimum atomic E-state index is 0.677. The lowest BCUT2D eigenvalue weighted by atomic mass is 9.98. The monoisotopic (exact) mass is 254 g/mol. The summed E-state index contributed by atoms with van der Waals surface area (Å²) in [5.41, 5.74) is 0. The van der Waals surface area contributed by atoms with E-state index in [9.17, 15) is 0 Å². The fraction of sp³-hybridized carbons (Fsp3) is 0.867. The minimum absolute atomic E-state index is 0.677. The molecule has 1 aliphatic rings. The van der Waals surface area contributed by atoms with Crippen molar-refractivity contribution in [3.05, 3.63) is 12.7 Å². The van der Waals surface area contributed by atoms with Crippen LogP contribution in [0.15, 0.2) is 12.7 Å². The summed E-state index contributed by atoms with van der Waals surface area (Å²) in [6.45, 7) is 13.3. The summed E-state index contributed by atoms with van der Waals surface area (Å²) < 4.78 is 5.59. The molecule has 0 saturated carbocycles. The van der Waals surface area contributed by atoms with Crippen LogP contribution in [-0.4, -0.2) is 49.8 Å². The van der Waals surface area contributed by atoms with Gasteiger partial charge >= 0.3 is 0 Å². The summed E-state index contributed by atoms with van der Waals surface area (Å²) in [7, 11) is 0. The van der Waals surface area contributed by atoms with Gasteiger partial charge < -0.3 is 10.1 Å². The molecule has 3 heteroatoms. The SMILES string of the molecule is C=CCCOCCN1CCC(NCCC)CC1C. The van der Waals surface area contributed by atoms with Gasteiger partial charge in [-0.25, -0.2) is 0 Å². The van der Waals surface area contributed by atoms with E-state index in [0.29, 0.717) is 6.04 Å². The minimum Gasteiger partial charge on any atom is -0.380 e. The molecule has 3 nitrogen and oxygen atoms in total. The topological polar surface area (TPSA) is 24.5 Å². The molecule has 2 atom stereocenters. The first-order valence-corrected chi connectivity index (χ1v) is 7.44. The molecular weight excluding hydrogens is 224 g/mol. The van der Waals surface area contributed by atoms with E-state index < -0.39 is 0 Å². The highest BCUT2D eigenvalue weighted by Crippen LogP contribution is 2.16. The van der Waals surface area contributed by atoms with E-state index in [1.165, 1.54) is 25.8 Å². The normalized spacial score (nSPS) is 25.2. The van der Waals surface area contributed by atoms with Gasteiger partial charge in [0.2, 0.25) is 0 Å². The van der Waals surface area contributed by atoms with E-state index in [2.05, 4.69) is 30.6 Å². The smallest absolute Gasteiger partial charge is 0.0593 e. The third kappa shape index (κ3) is 5.98. The number of piperidine rings is 1. The molecule has 0 amide bonds. The van der Waals surface area contributed by atoms with E-state index in [1.807, 2.05) is 6.08 Å². The van der Waals surface area contributed by atoms with Crippen molar-refractivity contribution < 1.29 is 4.74 Å². The highest BCUT2D eigenvalue weighted by atomic mass is 16.5. The van der Waals surface area contributed by atoms with Gasteiger partial charge in [0, 0.05) is 18.6 Å². The van der Waals surface area contributed by atoms with Crippen LogP contribution in [0.3, 0.4) is 0 Å². The van der Waals surface area contributed by atoms with Crippen LogP contribution in [0, 0.1) is 0 Å². The molecule has 0 aliphatic carbocycles. The van der Waals surface area contributed by atoms with Gasteiger partial charge in [0.1, 0.15) is 0 Å². The van der Waals surface area contributed by atoms with Crippen molar-refractivity contribution in [1.29, 1.82) is 0 Å². The van der Waals surface area contributed by atoms with Gasteiger partial charge in [-0.05, 0) is 45.7 Å². The van der Waals surface area contributed by atoms with Gasteiger partial charge in [0.05, 0.1) is 13.2 Å². The Labute approximate surface area is 113 Å². The van der Waals surface area contributed by atoms with Crippen molar-refractivity contribution in [3.63, 3.8) is 0 Å². The Bertz CT molecular complexity index is 221. The van der Waals surface area contributed by atoms with Gasteiger partial charge in [0.15, 0.2) is 0 Å². The number of rotatable bonds is 9. The fourth-order valence-corrected chi connectivity index (χ4v) is 2.54. The molecule has 0 aromatic rings. The Morgan fingerprint density at radius 1 is 1.44 bits per heavy atom. The first-order valence-electron chi connectivity index (χ1n) is 7.44. The van der Waals surface area contributed by atoms with Crippen LogP contribution in [0.2, 0.25) is 0 Å². The van der Waals surface area contributed by atoms with Gasteiger partial charge in [-0.2, -0.15) is 0 Å². The number of hydrogen-bond donors (Lipinski definition) is 1. The lowest BCUT2D eigenvalue weighted by molar-refractivity contribution is 0.0708. The standard InChI is InChI=1S/C15H30N2O/c1-4-6-11-18-12-10-17-9-7-15(13-14(17)3)16-8-5-2/h4,14-16H,1,5-13H2,2-3H3. The van der Waals surface area contributed by atoms with Crippen LogP contribution in [0.25, 0.3) is 0 Å². The Hall–Kier alpha value is -0.380. The zero-order valence-corrected chi connectivity index (χ0v) is 12.2. The zero-order chi connectivity index (χ0) is 13.2. The maximum atomic E-state index is 5.59.